The summed E-state index contributed by atoms with van der Waals surface area (Å²) in [7, 11) is 0. The van der Waals surface area contributed by atoms with Gasteiger partial charge in [0.1, 0.15) is 5.75 Å². The molecule has 1 aliphatic heterocycles. The first-order valence-corrected chi connectivity index (χ1v) is 3.19. The van der Waals surface area contributed by atoms with Crippen LogP contribution < -0.4 is 10.1 Å². The number of anilines is 1. The average Bonchev–Trinajstić information content (AvgIpc) is 2.05. The van der Waals surface area contributed by atoms with E-state index in [1.54, 1.807) is 0 Å². The zero-order valence-electron chi connectivity index (χ0n) is 5.42. The molecule has 1 N–H and O–H groups in total. The van der Waals surface area contributed by atoms with E-state index in [1.165, 1.54) is 0 Å². The maximum absolute atomic E-state index is 5.11. The first-order valence-electron chi connectivity index (χ1n) is 3.19. The fourth-order valence-corrected chi connectivity index (χ4v) is 0.947. The molecular weight excluding hydrogens is 126 g/mol. The van der Waals surface area contributed by atoms with Crippen LogP contribution in [0.3, 0.4) is 0 Å². The molecule has 0 saturated carbocycles. The molecule has 1 aromatic rings. The molecule has 0 fully saturated rings. The standard InChI is InChI=1S/C8H7NO/c1-2-4-8-7(3-1)9-5-6-10-8/h1-4,9H,5H2. The third-order valence-corrected chi connectivity index (χ3v) is 1.42. The van der Waals surface area contributed by atoms with E-state index < -0.39 is 0 Å². The highest BCUT2D eigenvalue weighted by molar-refractivity contribution is 5.57. The summed E-state index contributed by atoms with van der Waals surface area (Å²) >= 11 is 0. The van der Waals surface area contributed by atoms with Crippen LogP contribution in [0.25, 0.3) is 0 Å². The van der Waals surface area contributed by atoms with Gasteiger partial charge < -0.3 is 10.1 Å². The molecule has 10 heavy (non-hydrogen) atoms. The van der Waals surface area contributed by atoms with Crippen molar-refractivity contribution < 1.29 is 4.74 Å². The van der Waals surface area contributed by atoms with Gasteiger partial charge in [0.05, 0.1) is 12.2 Å². The quantitative estimate of drug-likeness (QED) is 0.579. The Bertz CT molecular complexity index is 209. The summed E-state index contributed by atoms with van der Waals surface area (Å²) in [5.41, 5.74) is 1.04. The van der Waals surface area contributed by atoms with Crippen molar-refractivity contribution in [2.24, 2.45) is 0 Å². The van der Waals surface area contributed by atoms with Crippen LogP contribution in [-0.4, -0.2) is 6.54 Å². The van der Waals surface area contributed by atoms with Gasteiger partial charge in [-0.05, 0) is 12.1 Å². The Labute approximate surface area is 59.8 Å². The summed E-state index contributed by atoms with van der Waals surface area (Å²) in [4.78, 5) is 0. The second-order valence-electron chi connectivity index (χ2n) is 2.10. The largest absolute Gasteiger partial charge is 0.474 e. The Balaban J connectivity index is 2.41. The Morgan fingerprint density at radius 1 is 1.40 bits per heavy atom. The van der Waals surface area contributed by atoms with Crippen molar-refractivity contribution in [3.63, 3.8) is 0 Å². The van der Waals surface area contributed by atoms with Crippen molar-refractivity contribution >= 4 is 5.69 Å². The predicted octanol–water partition coefficient (Wildman–Crippen LogP) is 1.53. The van der Waals surface area contributed by atoms with Gasteiger partial charge >= 0.3 is 0 Å². The zero-order chi connectivity index (χ0) is 6.81. The summed E-state index contributed by atoms with van der Waals surface area (Å²) in [6, 6.07) is 7.80. The lowest BCUT2D eigenvalue weighted by atomic mass is 10.3. The Morgan fingerprint density at radius 3 is 3.20 bits per heavy atom. The summed E-state index contributed by atoms with van der Waals surface area (Å²) in [6.07, 6.45) is 0. The second-order valence-corrected chi connectivity index (χ2v) is 2.10. The number of hydrogen-bond donors (Lipinski definition) is 1. The molecule has 0 aliphatic carbocycles. The van der Waals surface area contributed by atoms with Gasteiger partial charge in [0.15, 0.2) is 0 Å². The van der Waals surface area contributed by atoms with Gasteiger partial charge in [-0.25, -0.2) is 0 Å². The van der Waals surface area contributed by atoms with Gasteiger partial charge in [0.25, 0.3) is 0 Å². The average molecular weight is 133 g/mol. The molecule has 0 unspecified atom stereocenters. The number of rotatable bonds is 0. The second kappa shape index (κ2) is 2.21. The molecule has 2 nitrogen and oxygen atoms in total. The van der Waals surface area contributed by atoms with Crippen LogP contribution in [0, 0.1) is 6.61 Å². The van der Waals surface area contributed by atoms with Crippen molar-refractivity contribution in [3.05, 3.63) is 30.9 Å². The summed E-state index contributed by atoms with van der Waals surface area (Å²) < 4.78 is 5.11. The lowest BCUT2D eigenvalue weighted by Crippen LogP contribution is -2.12. The van der Waals surface area contributed by atoms with Crippen LogP contribution in [0.5, 0.6) is 5.75 Å². The molecule has 2 radical (unpaired) electrons. The monoisotopic (exact) mass is 133 g/mol. The van der Waals surface area contributed by atoms with E-state index in [1.807, 2.05) is 24.3 Å². The van der Waals surface area contributed by atoms with E-state index in [4.69, 9.17) is 4.74 Å². The number of fused-ring (bicyclic) bond motifs is 1. The third-order valence-electron chi connectivity index (χ3n) is 1.42. The van der Waals surface area contributed by atoms with Crippen LogP contribution in [0.4, 0.5) is 5.69 Å². The highest BCUT2D eigenvalue weighted by Gasteiger charge is 2.07. The molecule has 0 amide bonds. The Kier molecular flexibility index (Phi) is 1.24. The Hall–Kier alpha value is -1.18. The minimum absolute atomic E-state index is 0.664. The molecule has 0 atom stereocenters. The molecule has 0 bridgehead atoms. The molecule has 2 rings (SSSR count). The number of nitrogens with one attached hydrogen (secondary N) is 1. The van der Waals surface area contributed by atoms with E-state index in [2.05, 4.69) is 11.9 Å². The van der Waals surface area contributed by atoms with E-state index in [-0.39, 0.29) is 0 Å². The van der Waals surface area contributed by atoms with Crippen LogP contribution in [0.1, 0.15) is 0 Å². The fraction of sp³-hybridized carbons (Fsp3) is 0.125. The van der Waals surface area contributed by atoms with Crippen molar-refractivity contribution in [2.75, 3.05) is 11.9 Å². The summed E-state index contributed by atoms with van der Waals surface area (Å²) in [6.45, 7) is 3.39. The van der Waals surface area contributed by atoms with Gasteiger partial charge in [-0.2, -0.15) is 0 Å². The normalized spacial score (nSPS) is 14.8. The lowest BCUT2D eigenvalue weighted by molar-refractivity contribution is 0.400. The van der Waals surface area contributed by atoms with Crippen LogP contribution in [0.2, 0.25) is 0 Å². The maximum atomic E-state index is 5.11. The van der Waals surface area contributed by atoms with E-state index in [0.29, 0.717) is 6.54 Å². The minimum atomic E-state index is 0.664. The summed E-state index contributed by atoms with van der Waals surface area (Å²) in [5, 5.41) is 3.13. The predicted molar refractivity (Wildman–Crippen MR) is 38.8 cm³/mol. The van der Waals surface area contributed by atoms with Gasteiger partial charge in [0, 0.05) is 0 Å². The zero-order valence-corrected chi connectivity index (χ0v) is 5.42. The molecule has 2 heteroatoms. The molecule has 50 valence electrons. The van der Waals surface area contributed by atoms with Crippen LogP contribution in [0.15, 0.2) is 24.3 Å². The van der Waals surface area contributed by atoms with Gasteiger partial charge in [-0.3, -0.25) is 0 Å². The number of para-hydroxylation sites is 2. The van der Waals surface area contributed by atoms with E-state index in [0.717, 1.165) is 11.4 Å². The van der Waals surface area contributed by atoms with Gasteiger partial charge in [0.2, 0.25) is 6.61 Å². The molecule has 0 saturated heterocycles. The van der Waals surface area contributed by atoms with E-state index in [9.17, 15) is 0 Å². The van der Waals surface area contributed by atoms with Crippen molar-refractivity contribution in [2.45, 2.75) is 0 Å². The van der Waals surface area contributed by atoms with Gasteiger partial charge in [-0.15, -0.1) is 0 Å². The molecular formula is C8H7NO. The lowest BCUT2D eigenvalue weighted by Gasteiger charge is -2.16. The van der Waals surface area contributed by atoms with Crippen molar-refractivity contribution in [3.8, 4) is 5.75 Å². The molecule has 0 aromatic heterocycles. The highest BCUT2D eigenvalue weighted by atomic mass is 16.5. The van der Waals surface area contributed by atoms with Crippen molar-refractivity contribution in [1.29, 1.82) is 0 Å². The molecule has 1 aromatic carbocycles. The highest BCUT2D eigenvalue weighted by Crippen LogP contribution is 2.26. The van der Waals surface area contributed by atoms with Gasteiger partial charge in [-0.1, -0.05) is 12.1 Å². The number of ether oxygens (including phenoxy) is 1. The first-order chi connectivity index (χ1) is 4.97. The number of benzene rings is 1. The minimum Gasteiger partial charge on any atom is -0.474 e. The third kappa shape index (κ3) is 0.817. The van der Waals surface area contributed by atoms with E-state index >= 15 is 0 Å². The Morgan fingerprint density at radius 2 is 2.30 bits per heavy atom. The molecule has 1 aliphatic rings. The maximum Gasteiger partial charge on any atom is 0.216 e. The van der Waals surface area contributed by atoms with Crippen LogP contribution in [-0.2, 0) is 0 Å². The topological polar surface area (TPSA) is 21.3 Å². The fourth-order valence-electron chi connectivity index (χ4n) is 0.947. The van der Waals surface area contributed by atoms with Crippen molar-refractivity contribution in [1.82, 2.24) is 0 Å². The molecule has 0 spiro atoms. The smallest absolute Gasteiger partial charge is 0.216 e. The molecule has 1 heterocycles. The van der Waals surface area contributed by atoms with Crippen LogP contribution >= 0.6 is 0 Å². The SMILES string of the molecule is [C]1CNc2ccccc2O1. The summed E-state index contributed by atoms with van der Waals surface area (Å²) in [5.74, 6) is 0.855. The number of hydrogen-bond acceptors (Lipinski definition) is 2. The first kappa shape index (κ1) is 5.59.